The summed E-state index contributed by atoms with van der Waals surface area (Å²) < 4.78 is 6.73. The molecule has 0 spiro atoms. The van der Waals surface area contributed by atoms with Gasteiger partial charge in [0.2, 0.25) is 0 Å². The number of aromatic nitrogens is 4. The van der Waals surface area contributed by atoms with E-state index in [9.17, 15) is 9.59 Å². The Kier molecular flexibility index (Phi) is 6.56. The van der Waals surface area contributed by atoms with Gasteiger partial charge in [-0.25, -0.2) is 9.48 Å². The molecule has 0 bridgehead atoms. The Bertz CT molecular complexity index is 979. The molecule has 0 aliphatic carbocycles. The molecule has 3 aromatic rings. The lowest BCUT2D eigenvalue weighted by atomic mass is 10.1. The van der Waals surface area contributed by atoms with Crippen LogP contribution in [0.2, 0.25) is 5.02 Å². The van der Waals surface area contributed by atoms with Crippen LogP contribution in [0.1, 0.15) is 24.1 Å². The van der Waals surface area contributed by atoms with Crippen molar-refractivity contribution < 1.29 is 14.3 Å². The van der Waals surface area contributed by atoms with Crippen molar-refractivity contribution in [2.75, 3.05) is 5.32 Å². The van der Waals surface area contributed by atoms with Crippen molar-refractivity contribution >= 4 is 29.2 Å². The number of anilines is 1. The van der Waals surface area contributed by atoms with Crippen LogP contribution in [0.4, 0.5) is 5.69 Å². The second-order valence-electron chi connectivity index (χ2n) is 6.48. The summed E-state index contributed by atoms with van der Waals surface area (Å²) in [5, 5.41) is 14.3. The molecule has 0 fully saturated rings. The van der Waals surface area contributed by atoms with Crippen LogP contribution in [0.25, 0.3) is 0 Å². The maximum atomic E-state index is 12.8. The average Bonchev–Trinajstić information content (AvgIpc) is 3.24. The van der Waals surface area contributed by atoms with E-state index in [1.165, 1.54) is 17.9 Å². The van der Waals surface area contributed by atoms with Gasteiger partial charge >= 0.3 is 5.97 Å². The smallest absolute Gasteiger partial charge is 0.332 e. The number of hydrogen-bond acceptors (Lipinski definition) is 6. The summed E-state index contributed by atoms with van der Waals surface area (Å²) in [5.41, 5.74) is 2.21. The number of hydrogen-bond donors (Lipinski definition) is 1. The standard InChI is InChI=1S/C20H20ClN5O3/c1-13-16(21)9-6-10-17(13)23-19(27)14(2)29-20(28)18(26-12-22-24-25-26)11-15-7-4-3-5-8-15/h3-10,12,14,18H,11H2,1-2H3,(H,23,27)/t14-,18-/m0/s1. The van der Waals surface area contributed by atoms with Crippen molar-refractivity contribution in [3.05, 3.63) is 71.0 Å². The molecule has 150 valence electrons. The van der Waals surface area contributed by atoms with E-state index in [4.69, 9.17) is 16.3 Å². The Balaban J connectivity index is 1.69. The average molecular weight is 414 g/mol. The fraction of sp³-hybridized carbons (Fsp3) is 0.250. The molecule has 1 aromatic heterocycles. The number of esters is 1. The SMILES string of the molecule is Cc1c(Cl)cccc1NC(=O)[C@H](C)OC(=O)[C@H](Cc1ccccc1)n1cnnn1. The number of nitrogens with zero attached hydrogens (tertiary/aromatic N) is 4. The van der Waals surface area contributed by atoms with Gasteiger partial charge < -0.3 is 10.1 Å². The van der Waals surface area contributed by atoms with E-state index in [1.54, 1.807) is 25.1 Å². The minimum atomic E-state index is -1.02. The lowest BCUT2D eigenvalue weighted by Crippen LogP contribution is -2.34. The monoisotopic (exact) mass is 413 g/mol. The summed E-state index contributed by atoms with van der Waals surface area (Å²) in [4.78, 5) is 25.3. The molecule has 3 rings (SSSR count). The molecule has 0 aliphatic rings. The molecule has 1 amide bonds. The van der Waals surface area contributed by atoms with E-state index in [2.05, 4.69) is 20.8 Å². The summed E-state index contributed by atoms with van der Waals surface area (Å²) in [6, 6.07) is 13.8. The molecular weight excluding hydrogens is 394 g/mol. The number of nitrogens with one attached hydrogen (secondary N) is 1. The van der Waals surface area contributed by atoms with Crippen molar-refractivity contribution in [1.82, 2.24) is 20.2 Å². The van der Waals surface area contributed by atoms with E-state index in [1.807, 2.05) is 30.3 Å². The number of carbonyl (C=O) groups is 2. The molecule has 9 heteroatoms. The lowest BCUT2D eigenvalue weighted by molar-refractivity contribution is -0.156. The highest BCUT2D eigenvalue weighted by Gasteiger charge is 2.28. The number of benzene rings is 2. The summed E-state index contributed by atoms with van der Waals surface area (Å²) in [7, 11) is 0. The molecule has 0 saturated carbocycles. The van der Waals surface area contributed by atoms with Gasteiger partial charge in [0.15, 0.2) is 12.1 Å². The summed E-state index contributed by atoms with van der Waals surface area (Å²) in [6.45, 7) is 3.30. The normalized spacial score (nSPS) is 12.8. The predicted octanol–water partition coefficient (Wildman–Crippen LogP) is 2.99. The highest BCUT2D eigenvalue weighted by molar-refractivity contribution is 6.31. The van der Waals surface area contributed by atoms with Crippen molar-refractivity contribution in [2.45, 2.75) is 32.4 Å². The molecule has 0 radical (unpaired) electrons. The fourth-order valence-corrected chi connectivity index (χ4v) is 2.89. The van der Waals surface area contributed by atoms with Crippen LogP contribution >= 0.6 is 11.6 Å². The first-order valence-electron chi connectivity index (χ1n) is 8.98. The Morgan fingerprint density at radius 3 is 2.62 bits per heavy atom. The third-order valence-corrected chi connectivity index (χ3v) is 4.83. The number of ether oxygens (including phenoxy) is 1. The van der Waals surface area contributed by atoms with E-state index in [0.717, 1.165) is 11.1 Å². The lowest BCUT2D eigenvalue weighted by Gasteiger charge is -2.19. The molecule has 2 aromatic carbocycles. The second-order valence-corrected chi connectivity index (χ2v) is 6.88. The Morgan fingerprint density at radius 1 is 1.17 bits per heavy atom. The Hall–Kier alpha value is -3.26. The van der Waals surface area contributed by atoms with Gasteiger partial charge in [-0.3, -0.25) is 4.79 Å². The first-order valence-corrected chi connectivity index (χ1v) is 9.36. The van der Waals surface area contributed by atoms with Gasteiger partial charge in [-0.1, -0.05) is 48.0 Å². The Labute approximate surface area is 172 Å². The van der Waals surface area contributed by atoms with Gasteiger partial charge in [0.25, 0.3) is 5.91 Å². The van der Waals surface area contributed by atoms with Gasteiger partial charge in [-0.2, -0.15) is 0 Å². The molecule has 8 nitrogen and oxygen atoms in total. The molecule has 1 heterocycles. The highest BCUT2D eigenvalue weighted by atomic mass is 35.5. The van der Waals surface area contributed by atoms with Crippen molar-refractivity contribution in [2.24, 2.45) is 0 Å². The first kappa shape index (κ1) is 20.5. The van der Waals surface area contributed by atoms with E-state index in [-0.39, 0.29) is 0 Å². The summed E-state index contributed by atoms with van der Waals surface area (Å²) in [5.74, 6) is -1.06. The minimum absolute atomic E-state index is 0.326. The van der Waals surface area contributed by atoms with Crippen LogP contribution in [-0.2, 0) is 20.7 Å². The first-order chi connectivity index (χ1) is 14.0. The Morgan fingerprint density at radius 2 is 1.93 bits per heavy atom. The minimum Gasteiger partial charge on any atom is -0.451 e. The van der Waals surface area contributed by atoms with Crippen LogP contribution in [0.15, 0.2) is 54.9 Å². The predicted molar refractivity (Wildman–Crippen MR) is 107 cm³/mol. The molecule has 0 saturated heterocycles. The zero-order valence-corrected chi connectivity index (χ0v) is 16.7. The number of halogens is 1. The molecular formula is C20H20ClN5O3. The molecule has 0 unspecified atom stereocenters. The van der Waals surface area contributed by atoms with Gasteiger partial charge in [0, 0.05) is 17.1 Å². The van der Waals surface area contributed by atoms with Crippen molar-refractivity contribution in [1.29, 1.82) is 0 Å². The summed E-state index contributed by atoms with van der Waals surface area (Å²) in [6.07, 6.45) is 0.650. The van der Waals surface area contributed by atoms with Crippen LogP contribution in [0.5, 0.6) is 0 Å². The highest BCUT2D eigenvalue weighted by Crippen LogP contribution is 2.23. The van der Waals surface area contributed by atoms with Crippen LogP contribution in [0.3, 0.4) is 0 Å². The number of amides is 1. The van der Waals surface area contributed by atoms with Gasteiger partial charge in [-0.05, 0) is 47.5 Å². The van der Waals surface area contributed by atoms with E-state index >= 15 is 0 Å². The molecule has 1 N–H and O–H groups in total. The topological polar surface area (TPSA) is 99.0 Å². The van der Waals surface area contributed by atoms with E-state index in [0.29, 0.717) is 17.1 Å². The van der Waals surface area contributed by atoms with Crippen LogP contribution in [0, 0.1) is 6.92 Å². The zero-order chi connectivity index (χ0) is 20.8. The third kappa shape index (κ3) is 5.17. The molecule has 2 atom stereocenters. The summed E-state index contributed by atoms with van der Waals surface area (Å²) >= 11 is 6.08. The maximum absolute atomic E-state index is 12.8. The number of tetrazole rings is 1. The largest absolute Gasteiger partial charge is 0.451 e. The van der Waals surface area contributed by atoms with Crippen molar-refractivity contribution in [3.63, 3.8) is 0 Å². The molecule has 29 heavy (non-hydrogen) atoms. The third-order valence-electron chi connectivity index (χ3n) is 4.42. The van der Waals surface area contributed by atoms with Gasteiger partial charge in [0.05, 0.1) is 0 Å². The van der Waals surface area contributed by atoms with Crippen LogP contribution < -0.4 is 5.32 Å². The quantitative estimate of drug-likeness (QED) is 0.598. The van der Waals surface area contributed by atoms with E-state index < -0.39 is 24.0 Å². The molecule has 0 aliphatic heterocycles. The second kappa shape index (κ2) is 9.29. The maximum Gasteiger partial charge on any atom is 0.332 e. The van der Waals surface area contributed by atoms with Gasteiger partial charge in [-0.15, -0.1) is 5.10 Å². The number of carbonyl (C=O) groups excluding carboxylic acids is 2. The van der Waals surface area contributed by atoms with Crippen LogP contribution in [-0.4, -0.2) is 38.2 Å². The number of rotatable bonds is 7. The van der Waals surface area contributed by atoms with Gasteiger partial charge in [0.1, 0.15) is 6.33 Å². The fourth-order valence-electron chi connectivity index (χ4n) is 2.72. The van der Waals surface area contributed by atoms with Crippen molar-refractivity contribution in [3.8, 4) is 0 Å². The zero-order valence-electron chi connectivity index (χ0n) is 15.9.